The van der Waals surface area contributed by atoms with E-state index in [1.807, 2.05) is 18.2 Å². The Kier molecular flexibility index (Phi) is 7.27. The van der Waals surface area contributed by atoms with Crippen molar-refractivity contribution in [2.24, 2.45) is 5.92 Å². The number of para-hydroxylation sites is 1. The first-order valence-electron chi connectivity index (χ1n) is 7.82. The van der Waals surface area contributed by atoms with Crippen LogP contribution in [0.3, 0.4) is 0 Å². The van der Waals surface area contributed by atoms with Crippen LogP contribution < -0.4 is 15.8 Å². The molecule has 0 heterocycles. The molecule has 0 amide bonds. The van der Waals surface area contributed by atoms with E-state index in [2.05, 4.69) is 33.0 Å². The second-order valence-corrected chi connectivity index (χ2v) is 5.94. The molecule has 1 atom stereocenters. The molecule has 0 saturated heterocycles. The minimum Gasteiger partial charge on any atom is -0.491 e. The Hall–Kier alpha value is -1.38. The van der Waals surface area contributed by atoms with Crippen LogP contribution in [0.5, 0.6) is 5.75 Å². The van der Waals surface area contributed by atoms with Crippen molar-refractivity contribution in [3.05, 3.63) is 18.2 Å². The van der Waals surface area contributed by atoms with E-state index in [9.17, 15) is 0 Å². The Balaban J connectivity index is 2.54. The zero-order valence-electron chi connectivity index (χ0n) is 13.4. The Morgan fingerprint density at radius 3 is 2.60 bits per heavy atom. The molecular formula is C17H30N2O. The molecule has 0 spiro atoms. The summed E-state index contributed by atoms with van der Waals surface area (Å²) >= 11 is 0. The fourth-order valence-electron chi connectivity index (χ4n) is 2.18. The molecule has 1 aromatic rings. The highest BCUT2D eigenvalue weighted by molar-refractivity contribution is 5.73. The molecule has 3 nitrogen and oxygen atoms in total. The Bertz CT molecular complexity index is 391. The van der Waals surface area contributed by atoms with Gasteiger partial charge in [-0.05, 0) is 37.8 Å². The van der Waals surface area contributed by atoms with Gasteiger partial charge < -0.3 is 15.8 Å². The van der Waals surface area contributed by atoms with Crippen molar-refractivity contribution < 1.29 is 4.74 Å². The van der Waals surface area contributed by atoms with Crippen LogP contribution in [0, 0.1) is 5.92 Å². The largest absolute Gasteiger partial charge is 0.491 e. The lowest BCUT2D eigenvalue weighted by atomic mass is 10.0. The predicted octanol–water partition coefficient (Wildman–Crippen LogP) is 4.68. The van der Waals surface area contributed by atoms with Crippen LogP contribution in [0.15, 0.2) is 18.2 Å². The van der Waals surface area contributed by atoms with Gasteiger partial charge in [-0.15, -0.1) is 0 Å². The minimum absolute atomic E-state index is 0.428. The number of benzene rings is 1. The summed E-state index contributed by atoms with van der Waals surface area (Å²) in [6.45, 7) is 9.54. The zero-order chi connectivity index (χ0) is 15.0. The molecule has 114 valence electrons. The Morgan fingerprint density at radius 1 is 1.20 bits per heavy atom. The van der Waals surface area contributed by atoms with E-state index in [0.717, 1.165) is 35.9 Å². The van der Waals surface area contributed by atoms with Gasteiger partial charge in [-0.3, -0.25) is 0 Å². The van der Waals surface area contributed by atoms with Crippen LogP contribution in [0.25, 0.3) is 0 Å². The maximum Gasteiger partial charge on any atom is 0.144 e. The lowest BCUT2D eigenvalue weighted by Gasteiger charge is -2.19. The minimum atomic E-state index is 0.428. The van der Waals surface area contributed by atoms with Crippen LogP contribution in [0.1, 0.15) is 53.4 Å². The number of nitrogens with one attached hydrogen (secondary N) is 1. The zero-order valence-corrected chi connectivity index (χ0v) is 13.4. The third-order valence-electron chi connectivity index (χ3n) is 3.35. The van der Waals surface area contributed by atoms with Crippen molar-refractivity contribution in [1.29, 1.82) is 0 Å². The third kappa shape index (κ3) is 5.72. The Morgan fingerprint density at radius 2 is 1.95 bits per heavy atom. The Labute approximate surface area is 123 Å². The van der Waals surface area contributed by atoms with E-state index in [-0.39, 0.29) is 0 Å². The SMILES string of the molecule is CCCOc1cccc(NC(C)CCCC(C)C)c1N. The molecule has 0 radical (unpaired) electrons. The molecular weight excluding hydrogens is 248 g/mol. The molecule has 3 N–H and O–H groups in total. The molecule has 1 aromatic carbocycles. The van der Waals surface area contributed by atoms with Gasteiger partial charge in [-0.25, -0.2) is 0 Å². The lowest BCUT2D eigenvalue weighted by molar-refractivity contribution is 0.319. The second-order valence-electron chi connectivity index (χ2n) is 5.94. The molecule has 3 heteroatoms. The first-order chi connectivity index (χ1) is 9.54. The first kappa shape index (κ1) is 16.7. The number of anilines is 2. The van der Waals surface area contributed by atoms with E-state index in [0.29, 0.717) is 12.6 Å². The average Bonchev–Trinajstić information content (AvgIpc) is 2.39. The third-order valence-corrected chi connectivity index (χ3v) is 3.35. The molecule has 0 aliphatic rings. The summed E-state index contributed by atoms with van der Waals surface area (Å²) < 4.78 is 5.66. The van der Waals surface area contributed by atoms with Gasteiger partial charge in [0, 0.05) is 6.04 Å². The number of nitrogen functional groups attached to an aromatic ring is 1. The van der Waals surface area contributed by atoms with Crippen LogP contribution >= 0.6 is 0 Å². The van der Waals surface area contributed by atoms with Crippen molar-refractivity contribution in [2.45, 2.75) is 59.4 Å². The van der Waals surface area contributed by atoms with Gasteiger partial charge in [0.05, 0.1) is 18.0 Å². The van der Waals surface area contributed by atoms with Gasteiger partial charge in [0.15, 0.2) is 0 Å². The van der Waals surface area contributed by atoms with E-state index in [1.54, 1.807) is 0 Å². The number of hydrogen-bond donors (Lipinski definition) is 2. The molecule has 0 aromatic heterocycles. The molecule has 0 fully saturated rings. The molecule has 0 saturated carbocycles. The summed E-state index contributed by atoms with van der Waals surface area (Å²) in [5, 5.41) is 3.50. The maximum absolute atomic E-state index is 6.16. The van der Waals surface area contributed by atoms with Crippen molar-refractivity contribution in [3.8, 4) is 5.75 Å². The summed E-state index contributed by atoms with van der Waals surface area (Å²) in [4.78, 5) is 0. The van der Waals surface area contributed by atoms with Crippen LogP contribution in [-0.2, 0) is 0 Å². The van der Waals surface area contributed by atoms with Crippen molar-refractivity contribution >= 4 is 11.4 Å². The molecule has 0 aliphatic heterocycles. The summed E-state index contributed by atoms with van der Waals surface area (Å²) in [5.74, 6) is 1.56. The summed E-state index contributed by atoms with van der Waals surface area (Å²) in [6, 6.07) is 6.37. The quantitative estimate of drug-likeness (QED) is 0.644. The molecule has 0 bridgehead atoms. The molecule has 1 unspecified atom stereocenters. The number of ether oxygens (including phenoxy) is 1. The smallest absolute Gasteiger partial charge is 0.144 e. The van der Waals surface area contributed by atoms with E-state index >= 15 is 0 Å². The lowest BCUT2D eigenvalue weighted by Crippen LogP contribution is -2.16. The van der Waals surface area contributed by atoms with Crippen molar-refractivity contribution in [2.75, 3.05) is 17.7 Å². The number of nitrogens with two attached hydrogens (primary N) is 1. The van der Waals surface area contributed by atoms with Gasteiger partial charge in [-0.2, -0.15) is 0 Å². The van der Waals surface area contributed by atoms with E-state index in [4.69, 9.17) is 10.5 Å². The fraction of sp³-hybridized carbons (Fsp3) is 0.647. The van der Waals surface area contributed by atoms with Gasteiger partial charge in [0.1, 0.15) is 5.75 Å². The first-order valence-corrected chi connectivity index (χ1v) is 7.82. The van der Waals surface area contributed by atoms with Crippen LogP contribution in [-0.4, -0.2) is 12.6 Å². The summed E-state index contributed by atoms with van der Waals surface area (Å²) in [6.07, 6.45) is 4.68. The maximum atomic E-state index is 6.16. The van der Waals surface area contributed by atoms with Crippen LogP contribution in [0.4, 0.5) is 11.4 Å². The van der Waals surface area contributed by atoms with Gasteiger partial charge >= 0.3 is 0 Å². The topological polar surface area (TPSA) is 47.3 Å². The molecule has 20 heavy (non-hydrogen) atoms. The standard InChI is InChI=1S/C17H30N2O/c1-5-12-20-16-11-7-10-15(17(16)18)19-14(4)9-6-8-13(2)3/h7,10-11,13-14,19H,5-6,8-9,12,18H2,1-4H3. The second kappa shape index (κ2) is 8.72. The van der Waals surface area contributed by atoms with E-state index in [1.165, 1.54) is 12.8 Å². The van der Waals surface area contributed by atoms with Gasteiger partial charge in [0.2, 0.25) is 0 Å². The van der Waals surface area contributed by atoms with E-state index < -0.39 is 0 Å². The number of rotatable bonds is 9. The summed E-state index contributed by atoms with van der Waals surface area (Å²) in [5.41, 5.74) is 7.86. The van der Waals surface area contributed by atoms with Gasteiger partial charge in [0.25, 0.3) is 0 Å². The predicted molar refractivity (Wildman–Crippen MR) is 88.4 cm³/mol. The highest BCUT2D eigenvalue weighted by atomic mass is 16.5. The summed E-state index contributed by atoms with van der Waals surface area (Å²) in [7, 11) is 0. The normalized spacial score (nSPS) is 12.4. The highest BCUT2D eigenvalue weighted by Gasteiger charge is 2.09. The molecule has 1 rings (SSSR count). The van der Waals surface area contributed by atoms with Gasteiger partial charge in [-0.1, -0.05) is 39.7 Å². The van der Waals surface area contributed by atoms with Crippen molar-refractivity contribution in [1.82, 2.24) is 0 Å². The monoisotopic (exact) mass is 278 g/mol. The fourth-order valence-corrected chi connectivity index (χ4v) is 2.18. The average molecular weight is 278 g/mol. The molecule has 0 aliphatic carbocycles. The number of hydrogen-bond acceptors (Lipinski definition) is 3. The van der Waals surface area contributed by atoms with Crippen LogP contribution in [0.2, 0.25) is 0 Å². The highest BCUT2D eigenvalue weighted by Crippen LogP contribution is 2.30. The van der Waals surface area contributed by atoms with Crippen molar-refractivity contribution in [3.63, 3.8) is 0 Å².